The molecule has 3 N–H and O–H groups in total. The van der Waals surface area contributed by atoms with E-state index in [-0.39, 0.29) is 23.9 Å². The number of ether oxygens (including phenoxy) is 1. The number of hydrogen-bond donors (Lipinski definition) is 2. The van der Waals surface area contributed by atoms with Crippen LogP contribution in [0.1, 0.15) is 65.0 Å². The summed E-state index contributed by atoms with van der Waals surface area (Å²) in [5.74, 6) is 0.168. The molecular formula is C26H34F3N7O. The molecule has 0 aromatic carbocycles. The van der Waals surface area contributed by atoms with Crippen LogP contribution in [0.5, 0.6) is 0 Å². The number of pyridine rings is 1. The van der Waals surface area contributed by atoms with E-state index in [2.05, 4.69) is 25.4 Å². The van der Waals surface area contributed by atoms with Crippen molar-refractivity contribution in [2.75, 3.05) is 17.7 Å². The summed E-state index contributed by atoms with van der Waals surface area (Å²) >= 11 is 0. The van der Waals surface area contributed by atoms with Crippen LogP contribution in [-0.2, 0) is 4.74 Å². The van der Waals surface area contributed by atoms with E-state index in [0.29, 0.717) is 28.4 Å². The van der Waals surface area contributed by atoms with E-state index >= 15 is 0 Å². The first-order chi connectivity index (χ1) is 17.6. The van der Waals surface area contributed by atoms with Crippen LogP contribution >= 0.6 is 0 Å². The highest BCUT2D eigenvalue weighted by molar-refractivity contribution is 5.88. The van der Waals surface area contributed by atoms with Gasteiger partial charge in [-0.05, 0) is 65.0 Å². The Hall–Kier alpha value is -3.21. The number of nitrogen functional groups attached to an aromatic ring is 1. The summed E-state index contributed by atoms with van der Waals surface area (Å²) in [5.41, 5.74) is 9.95. The maximum absolute atomic E-state index is 15.0. The number of aromatic nitrogens is 4. The summed E-state index contributed by atoms with van der Waals surface area (Å²) in [4.78, 5) is 13.5. The molecule has 2 aliphatic rings. The van der Waals surface area contributed by atoms with Gasteiger partial charge in [0.1, 0.15) is 5.52 Å². The molecule has 1 saturated carbocycles. The maximum Gasteiger partial charge on any atom is 0.243 e. The summed E-state index contributed by atoms with van der Waals surface area (Å²) in [6.45, 7) is 8.02. The van der Waals surface area contributed by atoms with Gasteiger partial charge in [-0.1, -0.05) is 6.92 Å². The number of rotatable bonds is 5. The molecule has 1 aliphatic heterocycles. The standard InChI is InChI=1S/C23H28FN7O.C3H6F2/c1-13(2)26-17-4-5-18(27-14(17)3)19-16(24)12-31-20(19)21(25)29-22(30-31)28-15-6-8-23(9-7-15)10-11-32-23;1-2-3(4)5/h4-5,12,15H,6-11H2,1-3H3,(H3,25,28,29,30);3H,2H2,1H3. The van der Waals surface area contributed by atoms with Crippen LogP contribution in [-0.4, -0.2) is 50.0 Å². The minimum absolute atomic E-state index is 0.0278. The SMILES string of the molecule is CC(C)=Nc1ccc(-c2c(F)cn3nc(NC4CCC5(CCO5)CC4)nc(N)c23)nc1C.CCC(F)F. The largest absolute Gasteiger partial charge is 0.382 e. The fraction of sp³-hybridized carbons (Fsp3) is 0.538. The average Bonchev–Trinajstić information content (AvgIpc) is 3.16. The topological polar surface area (TPSA) is 103 Å². The molecule has 37 heavy (non-hydrogen) atoms. The Morgan fingerprint density at radius 1 is 1.24 bits per heavy atom. The summed E-state index contributed by atoms with van der Waals surface area (Å²) in [6.07, 6.45) is 4.38. The van der Waals surface area contributed by atoms with Crippen molar-refractivity contribution in [1.29, 1.82) is 0 Å². The molecule has 0 amide bonds. The van der Waals surface area contributed by atoms with Gasteiger partial charge in [-0.15, -0.1) is 5.10 Å². The van der Waals surface area contributed by atoms with Gasteiger partial charge < -0.3 is 15.8 Å². The number of anilines is 2. The van der Waals surface area contributed by atoms with Crippen LogP contribution in [0.25, 0.3) is 16.8 Å². The molecular weight excluding hydrogens is 483 g/mol. The predicted octanol–water partition coefficient (Wildman–Crippen LogP) is 6.11. The summed E-state index contributed by atoms with van der Waals surface area (Å²) in [7, 11) is 0. The van der Waals surface area contributed by atoms with E-state index in [9.17, 15) is 13.2 Å². The molecule has 2 fully saturated rings. The third kappa shape index (κ3) is 6.03. The quantitative estimate of drug-likeness (QED) is 0.396. The van der Waals surface area contributed by atoms with Crippen LogP contribution in [0, 0.1) is 12.7 Å². The number of halogens is 3. The van der Waals surface area contributed by atoms with E-state index in [4.69, 9.17) is 10.5 Å². The van der Waals surface area contributed by atoms with E-state index in [1.807, 2.05) is 26.8 Å². The monoisotopic (exact) mass is 517 g/mol. The fourth-order valence-corrected chi connectivity index (χ4v) is 4.69. The van der Waals surface area contributed by atoms with Gasteiger partial charge in [0.25, 0.3) is 0 Å². The van der Waals surface area contributed by atoms with Gasteiger partial charge in [-0.25, -0.2) is 17.7 Å². The highest BCUT2D eigenvalue weighted by Gasteiger charge is 2.41. The van der Waals surface area contributed by atoms with E-state index < -0.39 is 12.2 Å². The number of aryl methyl sites for hydroxylation is 1. The Labute approximate surface area is 214 Å². The molecule has 3 aromatic heterocycles. The van der Waals surface area contributed by atoms with E-state index in [1.54, 1.807) is 6.07 Å². The Bertz CT molecular complexity index is 1270. The summed E-state index contributed by atoms with van der Waals surface area (Å²) in [5, 5.41) is 7.85. The van der Waals surface area contributed by atoms with Gasteiger partial charge in [0, 0.05) is 18.2 Å². The van der Waals surface area contributed by atoms with Gasteiger partial charge in [0.2, 0.25) is 12.4 Å². The number of hydrogen-bond acceptors (Lipinski definition) is 7. The van der Waals surface area contributed by atoms with Crippen molar-refractivity contribution in [2.24, 2.45) is 4.99 Å². The molecule has 4 heterocycles. The molecule has 8 nitrogen and oxygen atoms in total. The second kappa shape index (κ2) is 11.0. The summed E-state index contributed by atoms with van der Waals surface area (Å²) in [6, 6.07) is 3.84. The zero-order valence-electron chi connectivity index (χ0n) is 21.7. The maximum atomic E-state index is 15.0. The average molecular weight is 518 g/mol. The Morgan fingerprint density at radius 3 is 2.46 bits per heavy atom. The van der Waals surface area contributed by atoms with Crippen molar-refractivity contribution in [1.82, 2.24) is 19.6 Å². The number of nitrogens with zero attached hydrogens (tertiary/aromatic N) is 5. The second-order valence-electron chi connectivity index (χ2n) is 9.83. The van der Waals surface area contributed by atoms with Crippen LogP contribution in [0.4, 0.5) is 30.6 Å². The van der Waals surface area contributed by atoms with E-state index in [1.165, 1.54) is 17.6 Å². The van der Waals surface area contributed by atoms with Crippen molar-refractivity contribution in [3.63, 3.8) is 0 Å². The molecule has 0 unspecified atom stereocenters. The zero-order chi connectivity index (χ0) is 26.7. The van der Waals surface area contributed by atoms with Crippen molar-refractivity contribution in [3.05, 3.63) is 29.8 Å². The molecule has 200 valence electrons. The third-order valence-electron chi connectivity index (χ3n) is 6.77. The second-order valence-corrected chi connectivity index (χ2v) is 9.83. The Kier molecular flexibility index (Phi) is 8.01. The van der Waals surface area contributed by atoms with Crippen LogP contribution in [0.15, 0.2) is 23.3 Å². The first-order valence-corrected chi connectivity index (χ1v) is 12.6. The van der Waals surface area contributed by atoms with Crippen molar-refractivity contribution < 1.29 is 17.9 Å². The minimum atomic E-state index is -2.12. The van der Waals surface area contributed by atoms with Gasteiger partial charge in [0.05, 0.1) is 41.0 Å². The van der Waals surface area contributed by atoms with Crippen LogP contribution in [0.2, 0.25) is 0 Å². The van der Waals surface area contributed by atoms with Crippen molar-refractivity contribution >= 4 is 28.7 Å². The molecule has 0 atom stereocenters. The Morgan fingerprint density at radius 2 is 1.92 bits per heavy atom. The lowest BCUT2D eigenvalue weighted by molar-refractivity contribution is -0.165. The molecule has 5 rings (SSSR count). The van der Waals surface area contributed by atoms with Crippen LogP contribution in [0.3, 0.4) is 0 Å². The molecule has 1 aliphatic carbocycles. The molecule has 1 spiro atoms. The normalized spacial score (nSPS) is 20.9. The number of aliphatic imine (C=N–C) groups is 1. The Balaban J connectivity index is 0.000000586. The van der Waals surface area contributed by atoms with Gasteiger partial charge in [0.15, 0.2) is 11.6 Å². The van der Waals surface area contributed by atoms with E-state index in [0.717, 1.165) is 50.1 Å². The van der Waals surface area contributed by atoms with Crippen LogP contribution < -0.4 is 11.1 Å². The first-order valence-electron chi connectivity index (χ1n) is 12.6. The number of nitrogens with two attached hydrogens (primary N) is 1. The third-order valence-corrected chi connectivity index (χ3v) is 6.77. The van der Waals surface area contributed by atoms with Gasteiger partial charge >= 0.3 is 0 Å². The smallest absolute Gasteiger partial charge is 0.243 e. The van der Waals surface area contributed by atoms with Gasteiger partial charge in [-0.3, -0.25) is 9.98 Å². The zero-order valence-corrected chi connectivity index (χ0v) is 21.7. The number of alkyl halides is 2. The molecule has 0 bridgehead atoms. The van der Waals surface area contributed by atoms with Crippen molar-refractivity contribution in [2.45, 2.75) is 84.3 Å². The summed E-state index contributed by atoms with van der Waals surface area (Å²) < 4.78 is 43.8. The lowest BCUT2D eigenvalue weighted by Crippen LogP contribution is -2.48. The fourth-order valence-electron chi connectivity index (χ4n) is 4.69. The molecule has 3 aromatic rings. The first kappa shape index (κ1) is 26.8. The molecule has 1 saturated heterocycles. The highest BCUT2D eigenvalue weighted by atomic mass is 19.3. The predicted molar refractivity (Wildman–Crippen MR) is 139 cm³/mol. The number of nitrogens with one attached hydrogen (secondary N) is 1. The van der Waals surface area contributed by atoms with Crippen molar-refractivity contribution in [3.8, 4) is 11.3 Å². The lowest BCUT2D eigenvalue weighted by atomic mass is 9.77. The molecule has 11 heteroatoms. The highest BCUT2D eigenvalue weighted by Crippen LogP contribution is 2.41. The van der Waals surface area contributed by atoms with Gasteiger partial charge in [-0.2, -0.15) is 4.98 Å². The lowest BCUT2D eigenvalue weighted by Gasteiger charge is -2.46. The number of fused-ring (bicyclic) bond motifs is 1. The minimum Gasteiger partial charge on any atom is -0.382 e. The molecule has 0 radical (unpaired) electrons.